The second kappa shape index (κ2) is 10.7. The van der Waals surface area contributed by atoms with Crippen LogP contribution < -0.4 is 0 Å². The number of nitrogens with zero attached hydrogens (tertiary/aromatic N) is 3. The van der Waals surface area contributed by atoms with Crippen LogP contribution in [-0.4, -0.2) is 15.0 Å². The largest absolute Gasteiger partial charge is 0.456 e. The van der Waals surface area contributed by atoms with Crippen molar-refractivity contribution in [1.29, 1.82) is 0 Å². The molecule has 3 heterocycles. The van der Waals surface area contributed by atoms with Gasteiger partial charge in [0, 0.05) is 47.6 Å². The topological polar surface area (TPSA) is 51.8 Å². The number of hydrogen-bond donors (Lipinski definition) is 0. The van der Waals surface area contributed by atoms with Crippen molar-refractivity contribution in [2.45, 2.75) is 0 Å². The SMILES string of the molecule is c1ccc(-c2nc(-c3ccccc3)nc(-c3cccc4oc5ccc(-c6cccc7sc8cc9ccccc9cc8c67)cc5c34)n2)cc1. The van der Waals surface area contributed by atoms with Crippen molar-refractivity contribution in [3.05, 3.63) is 152 Å². The molecule has 7 aromatic carbocycles. The van der Waals surface area contributed by atoms with Gasteiger partial charge in [0.15, 0.2) is 17.5 Å². The normalized spacial score (nSPS) is 11.8. The monoisotopic (exact) mass is 631 g/mol. The highest BCUT2D eigenvalue weighted by Crippen LogP contribution is 2.44. The Hall–Kier alpha value is -6.17. The van der Waals surface area contributed by atoms with E-state index in [1.807, 2.05) is 84.1 Å². The van der Waals surface area contributed by atoms with E-state index in [-0.39, 0.29) is 0 Å². The van der Waals surface area contributed by atoms with E-state index in [2.05, 4.69) is 78.9 Å². The van der Waals surface area contributed by atoms with Crippen LogP contribution in [0.25, 0.3) is 98.2 Å². The second-order valence-electron chi connectivity index (χ2n) is 12.0. The lowest BCUT2D eigenvalue weighted by Crippen LogP contribution is -2.00. The number of furan rings is 1. The molecular formula is C43H25N3OS. The van der Waals surface area contributed by atoms with Crippen LogP contribution in [-0.2, 0) is 0 Å². The molecule has 0 aliphatic heterocycles. The van der Waals surface area contributed by atoms with Gasteiger partial charge in [0.2, 0.25) is 0 Å². The van der Waals surface area contributed by atoms with Crippen LogP contribution in [0.2, 0.25) is 0 Å². The highest BCUT2D eigenvalue weighted by molar-refractivity contribution is 7.26. The molecule has 4 nitrogen and oxygen atoms in total. The Balaban J connectivity index is 1.20. The molecule has 0 radical (unpaired) electrons. The molecule has 0 aliphatic carbocycles. The first kappa shape index (κ1) is 27.0. The molecule has 0 amide bonds. The number of hydrogen-bond acceptors (Lipinski definition) is 5. The third-order valence-corrected chi connectivity index (χ3v) is 10.2. The summed E-state index contributed by atoms with van der Waals surface area (Å²) in [5.41, 5.74) is 6.77. The highest BCUT2D eigenvalue weighted by Gasteiger charge is 2.19. The van der Waals surface area contributed by atoms with E-state index in [1.54, 1.807) is 0 Å². The number of thiophene rings is 1. The lowest BCUT2D eigenvalue weighted by molar-refractivity contribution is 0.669. The van der Waals surface area contributed by atoms with E-state index in [9.17, 15) is 0 Å². The second-order valence-corrected chi connectivity index (χ2v) is 13.1. The first-order valence-corrected chi connectivity index (χ1v) is 16.8. The zero-order valence-electron chi connectivity index (χ0n) is 25.6. The van der Waals surface area contributed by atoms with Gasteiger partial charge >= 0.3 is 0 Å². The Morgan fingerprint density at radius 2 is 1.04 bits per heavy atom. The Kier molecular flexibility index (Phi) is 6.01. The lowest BCUT2D eigenvalue weighted by atomic mass is 9.96. The van der Waals surface area contributed by atoms with Gasteiger partial charge in [-0.25, -0.2) is 15.0 Å². The van der Waals surface area contributed by atoms with Crippen LogP contribution in [0.1, 0.15) is 0 Å². The summed E-state index contributed by atoms with van der Waals surface area (Å²) in [5, 5.41) is 7.11. The molecule has 3 aromatic heterocycles. The fourth-order valence-corrected chi connectivity index (χ4v) is 8.02. The predicted molar refractivity (Wildman–Crippen MR) is 199 cm³/mol. The van der Waals surface area contributed by atoms with E-state index in [0.717, 1.165) is 44.2 Å². The van der Waals surface area contributed by atoms with Gasteiger partial charge in [-0.2, -0.15) is 0 Å². The standard InChI is InChI=1S/C43H25N3OS/c1-3-11-26(12-4-1)41-44-42(27-13-5-2-6-14-27)46-43(45-41)32-18-9-19-36-39(32)33-24-30(21-22-35(33)47-36)31-17-10-20-37-40(31)34-23-28-15-7-8-16-29(28)25-38(34)48-37/h1-25H. The molecule has 0 N–H and O–H groups in total. The molecule has 0 unspecified atom stereocenters. The Morgan fingerprint density at radius 1 is 0.396 bits per heavy atom. The fourth-order valence-electron chi connectivity index (χ4n) is 6.86. The summed E-state index contributed by atoms with van der Waals surface area (Å²) in [5.74, 6) is 1.88. The van der Waals surface area contributed by atoms with Gasteiger partial charge in [-0.05, 0) is 58.3 Å². The maximum atomic E-state index is 6.46. The summed E-state index contributed by atoms with van der Waals surface area (Å²) in [6.07, 6.45) is 0. The summed E-state index contributed by atoms with van der Waals surface area (Å²) in [7, 11) is 0. The zero-order valence-corrected chi connectivity index (χ0v) is 26.4. The first-order chi connectivity index (χ1) is 23.8. The molecule has 0 saturated heterocycles. The van der Waals surface area contributed by atoms with Gasteiger partial charge < -0.3 is 4.42 Å². The minimum absolute atomic E-state index is 0.610. The maximum absolute atomic E-state index is 6.46. The smallest absolute Gasteiger partial charge is 0.164 e. The first-order valence-electron chi connectivity index (χ1n) is 15.9. The number of aromatic nitrogens is 3. The van der Waals surface area contributed by atoms with Crippen LogP contribution >= 0.6 is 11.3 Å². The average molecular weight is 632 g/mol. The summed E-state index contributed by atoms with van der Waals surface area (Å²) in [6.45, 7) is 0. The van der Waals surface area contributed by atoms with E-state index < -0.39 is 0 Å². The van der Waals surface area contributed by atoms with Gasteiger partial charge in [0.1, 0.15) is 11.2 Å². The summed E-state index contributed by atoms with van der Waals surface area (Å²) < 4.78 is 9.04. The van der Waals surface area contributed by atoms with Crippen molar-refractivity contribution in [2.24, 2.45) is 0 Å². The van der Waals surface area contributed by atoms with Gasteiger partial charge in [-0.15, -0.1) is 11.3 Å². The highest BCUT2D eigenvalue weighted by atomic mass is 32.1. The number of fused-ring (bicyclic) bond motifs is 7. The predicted octanol–water partition coefficient (Wildman–Crippen LogP) is 12.0. The fraction of sp³-hybridized carbons (Fsp3) is 0. The third-order valence-electron chi connectivity index (χ3n) is 9.11. The van der Waals surface area contributed by atoms with Crippen molar-refractivity contribution in [2.75, 3.05) is 0 Å². The lowest BCUT2D eigenvalue weighted by Gasteiger charge is -2.09. The van der Waals surface area contributed by atoms with Crippen molar-refractivity contribution >= 4 is 64.2 Å². The van der Waals surface area contributed by atoms with Gasteiger partial charge in [-0.1, -0.05) is 115 Å². The molecule has 10 aromatic rings. The van der Waals surface area contributed by atoms with Crippen molar-refractivity contribution in [3.63, 3.8) is 0 Å². The molecule has 0 saturated carbocycles. The zero-order chi connectivity index (χ0) is 31.6. The third kappa shape index (κ3) is 4.33. The molecule has 0 atom stereocenters. The molecule has 48 heavy (non-hydrogen) atoms. The van der Waals surface area contributed by atoms with Crippen LogP contribution in [0.5, 0.6) is 0 Å². The number of rotatable bonds is 4. The Bertz CT molecular complexity index is 2780. The summed E-state index contributed by atoms with van der Waals surface area (Å²) in [4.78, 5) is 15.0. The van der Waals surface area contributed by atoms with Crippen LogP contribution in [0.15, 0.2) is 156 Å². The molecule has 0 spiro atoms. The van der Waals surface area contributed by atoms with E-state index in [0.29, 0.717) is 17.5 Å². The molecule has 0 aliphatic rings. The molecule has 5 heteroatoms. The minimum atomic E-state index is 0.610. The van der Waals surface area contributed by atoms with Crippen molar-refractivity contribution < 1.29 is 4.42 Å². The molecule has 0 fully saturated rings. The average Bonchev–Trinajstić information content (AvgIpc) is 3.72. The van der Waals surface area contributed by atoms with Crippen LogP contribution in [0, 0.1) is 0 Å². The quantitative estimate of drug-likeness (QED) is 0.194. The molecule has 10 rings (SSSR count). The van der Waals surface area contributed by atoms with Crippen LogP contribution in [0.4, 0.5) is 0 Å². The Morgan fingerprint density at radius 3 is 1.79 bits per heavy atom. The number of benzene rings is 7. The van der Waals surface area contributed by atoms with Crippen molar-refractivity contribution in [3.8, 4) is 45.3 Å². The minimum Gasteiger partial charge on any atom is -0.456 e. The van der Waals surface area contributed by atoms with Crippen LogP contribution in [0.3, 0.4) is 0 Å². The van der Waals surface area contributed by atoms with E-state index in [1.165, 1.54) is 36.5 Å². The summed E-state index contributed by atoms with van der Waals surface area (Å²) >= 11 is 1.85. The summed E-state index contributed by atoms with van der Waals surface area (Å²) in [6, 6.07) is 52.7. The molecule has 0 bridgehead atoms. The molecular weight excluding hydrogens is 607 g/mol. The van der Waals surface area contributed by atoms with Gasteiger partial charge in [0.25, 0.3) is 0 Å². The Labute approximate surface area is 279 Å². The van der Waals surface area contributed by atoms with E-state index in [4.69, 9.17) is 19.4 Å². The van der Waals surface area contributed by atoms with Gasteiger partial charge in [-0.3, -0.25) is 0 Å². The van der Waals surface area contributed by atoms with E-state index >= 15 is 0 Å². The van der Waals surface area contributed by atoms with Crippen molar-refractivity contribution in [1.82, 2.24) is 15.0 Å². The maximum Gasteiger partial charge on any atom is 0.164 e. The molecule has 224 valence electrons. The van der Waals surface area contributed by atoms with Gasteiger partial charge in [0.05, 0.1) is 0 Å².